The molecular weight excluding hydrogens is 332 g/mol. The number of aromatic nitrogens is 3. The molecule has 0 atom stereocenters. The normalized spacial score (nSPS) is 19.2. The highest BCUT2D eigenvalue weighted by atomic mass is 16.5. The lowest BCUT2D eigenvalue weighted by molar-refractivity contribution is 0.122. The number of morpholine rings is 1. The first-order valence-corrected chi connectivity index (χ1v) is 9.25. The molecular formula is C18H26N6O2. The third-order valence-corrected chi connectivity index (χ3v) is 5.18. The Hall–Kier alpha value is -2.19. The Morgan fingerprint density at radius 1 is 1.00 bits per heavy atom. The number of anilines is 2. The molecule has 2 aliphatic heterocycles. The molecule has 8 heteroatoms. The Morgan fingerprint density at radius 2 is 1.77 bits per heavy atom. The van der Waals surface area contributed by atoms with Crippen molar-refractivity contribution in [3.8, 4) is 0 Å². The van der Waals surface area contributed by atoms with E-state index in [9.17, 15) is 0 Å². The molecule has 2 aromatic rings. The molecule has 0 spiro atoms. The van der Waals surface area contributed by atoms with Crippen molar-refractivity contribution in [2.24, 2.45) is 0 Å². The van der Waals surface area contributed by atoms with Crippen molar-refractivity contribution in [3.05, 3.63) is 29.3 Å². The fourth-order valence-corrected chi connectivity index (χ4v) is 3.52. The van der Waals surface area contributed by atoms with E-state index >= 15 is 0 Å². The Morgan fingerprint density at radius 3 is 2.46 bits per heavy atom. The number of aryl methyl sites for hydroxylation is 2. The van der Waals surface area contributed by atoms with Crippen LogP contribution in [-0.4, -0.2) is 72.5 Å². The van der Waals surface area contributed by atoms with Crippen molar-refractivity contribution in [3.63, 3.8) is 0 Å². The van der Waals surface area contributed by atoms with Gasteiger partial charge in [-0.1, -0.05) is 5.16 Å². The molecule has 0 unspecified atom stereocenters. The van der Waals surface area contributed by atoms with Gasteiger partial charge in [-0.25, -0.2) is 4.98 Å². The van der Waals surface area contributed by atoms with Crippen LogP contribution in [0.2, 0.25) is 0 Å². The highest BCUT2D eigenvalue weighted by Gasteiger charge is 2.22. The molecule has 8 nitrogen and oxygen atoms in total. The van der Waals surface area contributed by atoms with E-state index in [0.29, 0.717) is 0 Å². The average Bonchev–Trinajstić information content (AvgIpc) is 3.01. The lowest BCUT2D eigenvalue weighted by atomic mass is 10.2. The molecule has 0 N–H and O–H groups in total. The summed E-state index contributed by atoms with van der Waals surface area (Å²) < 4.78 is 10.7. The van der Waals surface area contributed by atoms with Crippen molar-refractivity contribution < 1.29 is 9.26 Å². The second kappa shape index (κ2) is 7.59. The van der Waals surface area contributed by atoms with Crippen LogP contribution in [0.25, 0.3) is 0 Å². The number of nitrogens with zero attached hydrogens (tertiary/aromatic N) is 6. The third kappa shape index (κ3) is 3.66. The van der Waals surface area contributed by atoms with Crippen LogP contribution in [0.3, 0.4) is 0 Å². The Labute approximate surface area is 153 Å². The fourth-order valence-electron chi connectivity index (χ4n) is 3.52. The van der Waals surface area contributed by atoms with Gasteiger partial charge in [0.2, 0.25) is 5.95 Å². The monoisotopic (exact) mass is 358 g/mol. The summed E-state index contributed by atoms with van der Waals surface area (Å²) in [6.07, 6.45) is 1.86. The molecule has 2 saturated heterocycles. The Bertz CT molecular complexity index is 716. The minimum atomic E-state index is 0.764. The van der Waals surface area contributed by atoms with Gasteiger partial charge in [-0.15, -0.1) is 0 Å². The van der Waals surface area contributed by atoms with Crippen LogP contribution < -0.4 is 9.80 Å². The maximum atomic E-state index is 5.43. The second-order valence-electron chi connectivity index (χ2n) is 6.88. The molecule has 4 heterocycles. The summed E-state index contributed by atoms with van der Waals surface area (Å²) in [7, 11) is 0. The van der Waals surface area contributed by atoms with E-state index in [0.717, 1.165) is 82.2 Å². The Balaban J connectivity index is 1.37. The van der Waals surface area contributed by atoms with Gasteiger partial charge in [0, 0.05) is 57.6 Å². The van der Waals surface area contributed by atoms with E-state index in [-0.39, 0.29) is 0 Å². The van der Waals surface area contributed by atoms with Crippen molar-refractivity contribution in [2.45, 2.75) is 20.4 Å². The van der Waals surface area contributed by atoms with Crippen LogP contribution in [0.5, 0.6) is 0 Å². The lowest BCUT2D eigenvalue weighted by Gasteiger charge is -2.35. The molecule has 0 bridgehead atoms. The first kappa shape index (κ1) is 17.2. The Kier molecular flexibility index (Phi) is 5.03. The molecule has 2 fully saturated rings. The van der Waals surface area contributed by atoms with Crippen LogP contribution in [-0.2, 0) is 11.3 Å². The van der Waals surface area contributed by atoms with Crippen LogP contribution >= 0.6 is 0 Å². The van der Waals surface area contributed by atoms with Crippen molar-refractivity contribution in [2.75, 3.05) is 62.3 Å². The standard InChI is InChI=1S/C18H26N6O2/c1-14-16(15(2)26-21-14)13-22-5-7-24(8-6-22)18-19-4-3-17(20-18)23-9-11-25-12-10-23/h3-4H,5-13H2,1-2H3. The SMILES string of the molecule is Cc1noc(C)c1CN1CCN(c2nccc(N3CCOCC3)n2)CC1. The van der Waals surface area contributed by atoms with Crippen molar-refractivity contribution in [1.29, 1.82) is 0 Å². The van der Waals surface area contributed by atoms with Crippen LogP contribution in [0.4, 0.5) is 11.8 Å². The summed E-state index contributed by atoms with van der Waals surface area (Å²) in [5.74, 6) is 2.74. The topological polar surface area (TPSA) is 70.8 Å². The first-order valence-electron chi connectivity index (χ1n) is 9.25. The van der Waals surface area contributed by atoms with Gasteiger partial charge in [0.25, 0.3) is 0 Å². The third-order valence-electron chi connectivity index (χ3n) is 5.18. The maximum absolute atomic E-state index is 5.43. The minimum absolute atomic E-state index is 0.764. The molecule has 0 aromatic carbocycles. The summed E-state index contributed by atoms with van der Waals surface area (Å²) in [6.45, 7) is 12.0. The van der Waals surface area contributed by atoms with Crippen molar-refractivity contribution >= 4 is 11.8 Å². The van der Waals surface area contributed by atoms with E-state index in [4.69, 9.17) is 14.2 Å². The molecule has 2 aliphatic rings. The summed E-state index contributed by atoms with van der Waals surface area (Å²) >= 11 is 0. The predicted octanol–water partition coefficient (Wildman–Crippen LogP) is 1.24. The largest absolute Gasteiger partial charge is 0.378 e. The van der Waals surface area contributed by atoms with Gasteiger partial charge >= 0.3 is 0 Å². The van der Waals surface area contributed by atoms with E-state index in [1.165, 1.54) is 5.56 Å². The fraction of sp³-hybridized carbons (Fsp3) is 0.611. The molecule has 0 saturated carbocycles. The van der Waals surface area contributed by atoms with Gasteiger partial charge in [0.15, 0.2) is 0 Å². The van der Waals surface area contributed by atoms with E-state index in [2.05, 4.69) is 24.8 Å². The summed E-state index contributed by atoms with van der Waals surface area (Å²) in [5.41, 5.74) is 2.20. The van der Waals surface area contributed by atoms with Crippen LogP contribution in [0, 0.1) is 13.8 Å². The number of hydrogen-bond acceptors (Lipinski definition) is 8. The number of ether oxygens (including phenoxy) is 1. The summed E-state index contributed by atoms with van der Waals surface area (Å²) in [4.78, 5) is 16.3. The van der Waals surface area contributed by atoms with E-state index in [1.54, 1.807) is 0 Å². The van der Waals surface area contributed by atoms with Crippen LogP contribution in [0.15, 0.2) is 16.8 Å². The maximum Gasteiger partial charge on any atom is 0.227 e. The zero-order valence-electron chi connectivity index (χ0n) is 15.5. The van der Waals surface area contributed by atoms with Gasteiger partial charge in [-0.2, -0.15) is 4.98 Å². The first-order chi connectivity index (χ1) is 12.7. The highest BCUT2D eigenvalue weighted by Crippen LogP contribution is 2.20. The van der Waals surface area contributed by atoms with Gasteiger partial charge in [0.05, 0.1) is 18.9 Å². The molecule has 26 heavy (non-hydrogen) atoms. The van der Waals surface area contributed by atoms with Gasteiger partial charge in [-0.05, 0) is 19.9 Å². The minimum Gasteiger partial charge on any atom is -0.378 e. The zero-order valence-corrected chi connectivity index (χ0v) is 15.5. The molecule has 0 amide bonds. The number of hydrogen-bond donors (Lipinski definition) is 0. The zero-order chi connectivity index (χ0) is 17.9. The molecule has 4 rings (SSSR count). The van der Waals surface area contributed by atoms with Crippen LogP contribution in [0.1, 0.15) is 17.0 Å². The summed E-state index contributed by atoms with van der Waals surface area (Å²) in [5, 5.41) is 4.05. The average molecular weight is 358 g/mol. The van der Waals surface area contributed by atoms with Gasteiger partial charge in [-0.3, -0.25) is 4.90 Å². The summed E-state index contributed by atoms with van der Waals surface area (Å²) in [6, 6.07) is 1.99. The smallest absolute Gasteiger partial charge is 0.227 e. The number of piperazine rings is 1. The quantitative estimate of drug-likeness (QED) is 0.809. The molecule has 0 aliphatic carbocycles. The van der Waals surface area contributed by atoms with Gasteiger partial charge in [0.1, 0.15) is 11.6 Å². The molecule has 0 radical (unpaired) electrons. The van der Waals surface area contributed by atoms with Crippen molar-refractivity contribution in [1.82, 2.24) is 20.0 Å². The second-order valence-corrected chi connectivity index (χ2v) is 6.88. The van der Waals surface area contributed by atoms with Gasteiger partial charge < -0.3 is 19.1 Å². The predicted molar refractivity (Wildman–Crippen MR) is 98.5 cm³/mol. The van der Waals surface area contributed by atoms with E-state index < -0.39 is 0 Å². The molecule has 2 aromatic heterocycles. The van der Waals surface area contributed by atoms with E-state index in [1.807, 2.05) is 26.1 Å². The number of rotatable bonds is 4. The highest BCUT2D eigenvalue weighted by molar-refractivity contribution is 5.44. The lowest BCUT2D eigenvalue weighted by Crippen LogP contribution is -2.46. The molecule has 140 valence electrons.